The van der Waals surface area contributed by atoms with Crippen molar-refractivity contribution >= 4 is 16.9 Å². The van der Waals surface area contributed by atoms with Crippen LogP contribution in [0.1, 0.15) is 17.5 Å². The van der Waals surface area contributed by atoms with Crippen LogP contribution in [0.15, 0.2) is 57.7 Å². The van der Waals surface area contributed by atoms with Gasteiger partial charge in [-0.3, -0.25) is 4.79 Å². The van der Waals surface area contributed by atoms with Gasteiger partial charge in [-0.2, -0.15) is 0 Å². The topological polar surface area (TPSA) is 75.0 Å². The summed E-state index contributed by atoms with van der Waals surface area (Å²) >= 11 is 0. The zero-order valence-electron chi connectivity index (χ0n) is 15.2. The molecule has 6 heteroatoms. The molecule has 0 amide bonds. The first kappa shape index (κ1) is 18.5. The second kappa shape index (κ2) is 8.40. The molecule has 0 radical (unpaired) electrons. The van der Waals surface area contributed by atoms with Gasteiger partial charge >= 0.3 is 11.6 Å². The molecule has 0 spiro atoms. The fourth-order valence-corrected chi connectivity index (χ4v) is 2.83. The van der Waals surface area contributed by atoms with Crippen molar-refractivity contribution in [2.45, 2.75) is 19.4 Å². The Balaban J connectivity index is 1.67. The van der Waals surface area contributed by atoms with Gasteiger partial charge in [0.15, 0.2) is 0 Å². The number of para-hydroxylation sites is 1. The Labute approximate surface area is 156 Å². The minimum absolute atomic E-state index is 0.000807. The Morgan fingerprint density at radius 2 is 1.81 bits per heavy atom. The Bertz CT molecular complexity index is 1000. The summed E-state index contributed by atoms with van der Waals surface area (Å²) in [5, 5.41) is 0.702. The molecule has 2 aromatic carbocycles. The Morgan fingerprint density at radius 3 is 2.59 bits per heavy atom. The fourth-order valence-electron chi connectivity index (χ4n) is 2.83. The molecule has 0 bridgehead atoms. The van der Waals surface area contributed by atoms with Gasteiger partial charge in [0.25, 0.3) is 0 Å². The Hall–Kier alpha value is -3.28. The third kappa shape index (κ3) is 4.47. The lowest BCUT2D eigenvalue weighted by molar-refractivity contribution is -0.144. The number of ether oxygens (including phenoxy) is 3. The number of hydrogen-bond acceptors (Lipinski definition) is 6. The first-order valence-corrected chi connectivity index (χ1v) is 8.49. The molecule has 0 aliphatic carbocycles. The lowest BCUT2D eigenvalue weighted by atomic mass is 10.1. The summed E-state index contributed by atoms with van der Waals surface area (Å²) in [6, 6.07) is 14.0. The van der Waals surface area contributed by atoms with E-state index in [4.69, 9.17) is 18.6 Å². The summed E-state index contributed by atoms with van der Waals surface area (Å²) in [5.74, 6) is 0.971. The first-order chi connectivity index (χ1) is 13.1. The van der Waals surface area contributed by atoms with Gasteiger partial charge < -0.3 is 18.6 Å². The third-order valence-corrected chi connectivity index (χ3v) is 4.22. The van der Waals surface area contributed by atoms with Crippen LogP contribution in [0.3, 0.4) is 0 Å². The number of carbonyl (C=O) groups excluding carboxylic acids is 1. The quantitative estimate of drug-likeness (QED) is 0.469. The molecular formula is C21H20O6. The molecule has 3 aromatic rings. The predicted molar refractivity (Wildman–Crippen MR) is 100 cm³/mol. The molecule has 0 aliphatic heterocycles. The fraction of sp³-hybridized carbons (Fsp3) is 0.238. The average molecular weight is 368 g/mol. The highest BCUT2D eigenvalue weighted by Crippen LogP contribution is 2.23. The van der Waals surface area contributed by atoms with Gasteiger partial charge in [-0.05, 0) is 30.2 Å². The summed E-state index contributed by atoms with van der Waals surface area (Å²) in [5.41, 5.74) is 1.42. The number of rotatable bonds is 7. The summed E-state index contributed by atoms with van der Waals surface area (Å²) < 4.78 is 21.0. The number of methoxy groups -OCH3 is 2. The zero-order valence-corrected chi connectivity index (χ0v) is 15.2. The van der Waals surface area contributed by atoms with Gasteiger partial charge in [0.1, 0.15) is 23.7 Å². The second-order valence-corrected chi connectivity index (χ2v) is 5.93. The number of hydrogen-bond donors (Lipinski definition) is 0. The normalized spacial score (nSPS) is 10.6. The van der Waals surface area contributed by atoms with Crippen LogP contribution in [-0.2, 0) is 22.6 Å². The summed E-state index contributed by atoms with van der Waals surface area (Å²) in [4.78, 5) is 23.9. The number of carbonyl (C=O) groups is 1. The summed E-state index contributed by atoms with van der Waals surface area (Å²) in [6.45, 7) is -0.000807. The molecule has 0 saturated carbocycles. The lowest BCUT2D eigenvalue weighted by Crippen LogP contribution is -2.08. The van der Waals surface area contributed by atoms with Gasteiger partial charge in [0.2, 0.25) is 0 Å². The van der Waals surface area contributed by atoms with Crippen molar-refractivity contribution in [1.29, 1.82) is 0 Å². The molecule has 0 saturated heterocycles. The van der Waals surface area contributed by atoms with E-state index in [2.05, 4.69) is 0 Å². The minimum atomic E-state index is -0.504. The summed E-state index contributed by atoms with van der Waals surface area (Å²) in [6.07, 6.45) is 0.727. The van der Waals surface area contributed by atoms with Crippen molar-refractivity contribution in [1.82, 2.24) is 0 Å². The third-order valence-electron chi connectivity index (χ3n) is 4.22. The van der Waals surface area contributed by atoms with E-state index in [-0.39, 0.29) is 19.0 Å². The molecule has 27 heavy (non-hydrogen) atoms. The monoisotopic (exact) mass is 368 g/mol. The molecule has 0 N–H and O–H groups in total. The van der Waals surface area contributed by atoms with E-state index in [1.54, 1.807) is 25.3 Å². The van der Waals surface area contributed by atoms with E-state index in [9.17, 15) is 9.59 Å². The van der Waals surface area contributed by atoms with Crippen LogP contribution in [0.25, 0.3) is 11.0 Å². The predicted octanol–water partition coefficient (Wildman–Crippen LogP) is 3.49. The van der Waals surface area contributed by atoms with Crippen molar-refractivity contribution in [3.8, 4) is 11.5 Å². The van der Waals surface area contributed by atoms with Crippen LogP contribution >= 0.6 is 0 Å². The SMILES string of the molecule is COc1ccc2c(COC(=O)CCc3ccccc3OC)cc(=O)oc2c1. The van der Waals surface area contributed by atoms with Crippen molar-refractivity contribution in [2.24, 2.45) is 0 Å². The molecule has 0 atom stereocenters. The van der Waals surface area contributed by atoms with Gasteiger partial charge in [-0.25, -0.2) is 4.79 Å². The highest BCUT2D eigenvalue weighted by Gasteiger charge is 2.11. The van der Waals surface area contributed by atoms with Crippen molar-refractivity contribution in [2.75, 3.05) is 14.2 Å². The molecule has 1 heterocycles. The molecule has 3 rings (SSSR count). The Morgan fingerprint density at radius 1 is 1.00 bits per heavy atom. The number of aryl methyl sites for hydroxylation is 1. The van der Waals surface area contributed by atoms with Gasteiger partial charge in [-0.1, -0.05) is 18.2 Å². The van der Waals surface area contributed by atoms with E-state index in [0.29, 0.717) is 28.7 Å². The van der Waals surface area contributed by atoms with Crippen LogP contribution in [0.4, 0.5) is 0 Å². The van der Waals surface area contributed by atoms with E-state index < -0.39 is 5.63 Å². The highest BCUT2D eigenvalue weighted by molar-refractivity contribution is 5.81. The Kier molecular flexibility index (Phi) is 5.76. The molecule has 6 nitrogen and oxygen atoms in total. The molecule has 0 unspecified atom stereocenters. The van der Waals surface area contributed by atoms with Gasteiger partial charge in [-0.15, -0.1) is 0 Å². The lowest BCUT2D eigenvalue weighted by Gasteiger charge is -2.09. The molecule has 0 aliphatic rings. The minimum Gasteiger partial charge on any atom is -0.497 e. The first-order valence-electron chi connectivity index (χ1n) is 8.49. The second-order valence-electron chi connectivity index (χ2n) is 5.93. The smallest absolute Gasteiger partial charge is 0.336 e. The van der Waals surface area contributed by atoms with Crippen LogP contribution < -0.4 is 15.1 Å². The van der Waals surface area contributed by atoms with E-state index in [1.165, 1.54) is 13.2 Å². The largest absolute Gasteiger partial charge is 0.497 e. The zero-order chi connectivity index (χ0) is 19.2. The standard InChI is InChI=1S/C21H20O6/c1-24-16-8-9-17-15(11-21(23)27-19(17)12-16)13-26-20(22)10-7-14-5-3-4-6-18(14)25-2/h3-6,8-9,11-12H,7,10,13H2,1-2H3. The van der Waals surface area contributed by atoms with Crippen molar-refractivity contribution in [3.05, 3.63) is 70.1 Å². The number of benzene rings is 2. The maximum atomic E-state index is 12.1. The van der Waals surface area contributed by atoms with Crippen LogP contribution in [0, 0.1) is 0 Å². The van der Waals surface area contributed by atoms with Crippen molar-refractivity contribution < 1.29 is 23.4 Å². The van der Waals surface area contributed by atoms with Gasteiger partial charge in [0.05, 0.1) is 14.2 Å². The number of esters is 1. The molecular weight excluding hydrogens is 348 g/mol. The highest BCUT2D eigenvalue weighted by atomic mass is 16.5. The summed E-state index contributed by atoms with van der Waals surface area (Å²) in [7, 11) is 3.13. The van der Waals surface area contributed by atoms with Crippen LogP contribution in [0.2, 0.25) is 0 Å². The van der Waals surface area contributed by atoms with E-state index in [0.717, 1.165) is 11.3 Å². The van der Waals surface area contributed by atoms with E-state index in [1.807, 2.05) is 24.3 Å². The molecule has 1 aromatic heterocycles. The van der Waals surface area contributed by atoms with Crippen LogP contribution in [0.5, 0.6) is 11.5 Å². The average Bonchev–Trinajstić information content (AvgIpc) is 2.69. The number of fused-ring (bicyclic) bond motifs is 1. The van der Waals surface area contributed by atoms with Crippen molar-refractivity contribution in [3.63, 3.8) is 0 Å². The maximum Gasteiger partial charge on any atom is 0.336 e. The van der Waals surface area contributed by atoms with E-state index >= 15 is 0 Å². The molecule has 140 valence electrons. The molecule has 0 fully saturated rings. The van der Waals surface area contributed by atoms with Gasteiger partial charge in [0, 0.05) is 29.5 Å². The maximum absolute atomic E-state index is 12.1. The van der Waals surface area contributed by atoms with Crippen LogP contribution in [-0.4, -0.2) is 20.2 Å².